The number of hydrogen-bond donors (Lipinski definition) is 0. The summed E-state index contributed by atoms with van der Waals surface area (Å²) in [6.07, 6.45) is 0. The van der Waals surface area contributed by atoms with Gasteiger partial charge in [-0.15, -0.1) is 0 Å². The Labute approximate surface area is 400 Å². The van der Waals surface area contributed by atoms with Crippen molar-refractivity contribution in [2.24, 2.45) is 0 Å². The second-order valence-electron chi connectivity index (χ2n) is 25.5. The lowest BCUT2D eigenvalue weighted by atomic mass is 11.8. The van der Waals surface area contributed by atoms with Gasteiger partial charge in [-0.1, -0.05) is 0 Å². The molecule has 0 bridgehead atoms. The Hall–Kier alpha value is 2.73. The van der Waals surface area contributed by atoms with Gasteiger partial charge in [0.1, 0.15) is 0 Å². The van der Waals surface area contributed by atoms with E-state index in [1.807, 2.05) is 26.2 Å². The standard InChI is InChI=1S/C24H72O10Si11.C10H30O3Si4/c1-35(2,3)25-39(13,14)29-44(23,30-40(15,16)26-36(4,5)6)33-43(21,22)34-45(24,31-41(17,18)27-37(7,8)9)32-42(19,20)28-38(10,11)12;1-14(2,3)11-16(7,8)13-17(9,10)12-15(4,5)6/h1-24H3;1-10H3. The lowest BCUT2D eigenvalue weighted by molar-refractivity contribution is 0.170. The normalized spacial score (nSPS) is 15.8. The molecule has 0 aromatic rings. The lowest BCUT2D eigenvalue weighted by Crippen LogP contribution is -2.67. The molecule has 0 radical (unpaired) electrons. The van der Waals surface area contributed by atoms with Crippen molar-refractivity contribution in [1.29, 1.82) is 0 Å². The molecule has 13 nitrogen and oxygen atoms in total. The van der Waals surface area contributed by atoms with Gasteiger partial charge < -0.3 is 53.5 Å². The van der Waals surface area contributed by atoms with Gasteiger partial charge in [-0.05, 0) is 210 Å². The van der Waals surface area contributed by atoms with Gasteiger partial charge in [0.25, 0.3) is 0 Å². The fourth-order valence-electron chi connectivity index (χ4n) is 7.97. The van der Waals surface area contributed by atoms with E-state index in [2.05, 4.69) is 196 Å². The van der Waals surface area contributed by atoms with Crippen molar-refractivity contribution >= 4 is 127 Å². The van der Waals surface area contributed by atoms with Gasteiger partial charge in [-0.3, -0.25) is 0 Å². The van der Waals surface area contributed by atoms with E-state index in [-0.39, 0.29) is 0 Å². The lowest BCUT2D eigenvalue weighted by Gasteiger charge is -2.47. The molecule has 0 aliphatic rings. The minimum atomic E-state index is -3.41. The first-order valence-corrected chi connectivity index (χ1v) is 66.9. The third kappa shape index (κ3) is 36.7. The predicted molar refractivity (Wildman–Crippen MR) is 300 cm³/mol. The summed E-state index contributed by atoms with van der Waals surface area (Å²) in [5, 5.41) is 0. The maximum Gasteiger partial charge on any atom is 0.470 e. The summed E-state index contributed by atoms with van der Waals surface area (Å²) in [6.45, 7) is 72.4. The van der Waals surface area contributed by atoms with Crippen LogP contribution in [0.5, 0.6) is 0 Å². The first-order valence-electron chi connectivity index (χ1n) is 22.3. The molecule has 0 amide bonds. The molecule has 0 spiro atoms. The van der Waals surface area contributed by atoms with Crippen molar-refractivity contribution in [3.8, 4) is 0 Å². The molecule has 0 fully saturated rings. The van der Waals surface area contributed by atoms with E-state index in [1.54, 1.807) is 0 Å². The van der Waals surface area contributed by atoms with Crippen molar-refractivity contribution in [2.75, 3.05) is 0 Å². The van der Waals surface area contributed by atoms with Crippen molar-refractivity contribution in [2.45, 2.75) is 223 Å². The van der Waals surface area contributed by atoms with Crippen LogP contribution in [0.15, 0.2) is 0 Å². The maximum absolute atomic E-state index is 7.05. The Bertz CT molecular complexity index is 1220. The average Bonchev–Trinajstić information content (AvgIpc) is 2.68. The van der Waals surface area contributed by atoms with Crippen LogP contribution in [0.2, 0.25) is 223 Å². The maximum atomic E-state index is 7.05. The summed E-state index contributed by atoms with van der Waals surface area (Å²) in [5.41, 5.74) is 0. The largest absolute Gasteiger partial charge is 0.470 e. The highest BCUT2D eigenvalue weighted by molar-refractivity contribution is 6.95. The zero-order valence-electron chi connectivity index (χ0n) is 46.8. The van der Waals surface area contributed by atoms with Crippen molar-refractivity contribution in [3.63, 3.8) is 0 Å². The van der Waals surface area contributed by atoms with E-state index >= 15 is 0 Å². The van der Waals surface area contributed by atoms with Crippen molar-refractivity contribution in [3.05, 3.63) is 0 Å². The molecule has 0 aromatic heterocycles. The highest BCUT2D eigenvalue weighted by atomic mass is 28.6. The molecule has 0 rings (SSSR count). The summed E-state index contributed by atoms with van der Waals surface area (Å²) >= 11 is 0. The zero-order valence-corrected chi connectivity index (χ0v) is 61.8. The first-order chi connectivity index (χ1) is 26.2. The molecule has 0 heterocycles. The zero-order chi connectivity index (χ0) is 50.7. The number of hydrogen-bond acceptors (Lipinski definition) is 13. The van der Waals surface area contributed by atoms with Gasteiger partial charge in [0.05, 0.1) is 0 Å². The van der Waals surface area contributed by atoms with Crippen LogP contribution in [0.25, 0.3) is 0 Å². The predicted octanol–water partition coefficient (Wildman–Crippen LogP) is 13.2. The van der Waals surface area contributed by atoms with Crippen LogP contribution in [0.3, 0.4) is 0 Å². The van der Waals surface area contributed by atoms with Crippen molar-refractivity contribution < 1.29 is 53.5 Å². The average molecular weight is 1140 g/mol. The molecule has 62 heavy (non-hydrogen) atoms. The summed E-state index contributed by atoms with van der Waals surface area (Å²) in [6, 6.07) is 0. The highest BCUT2D eigenvalue weighted by Crippen LogP contribution is 2.34. The Morgan fingerprint density at radius 1 is 0.129 bits per heavy atom. The number of rotatable bonds is 26. The molecule has 0 atom stereocenters. The van der Waals surface area contributed by atoms with Crippen LogP contribution in [0.4, 0.5) is 0 Å². The van der Waals surface area contributed by atoms with E-state index < -0.39 is 127 Å². The van der Waals surface area contributed by atoms with Gasteiger partial charge in [0.15, 0.2) is 49.9 Å². The van der Waals surface area contributed by atoms with Crippen LogP contribution in [0.1, 0.15) is 0 Å². The molecule has 0 aromatic carbocycles. The summed E-state index contributed by atoms with van der Waals surface area (Å²) < 4.78 is 86.9. The van der Waals surface area contributed by atoms with Crippen molar-refractivity contribution in [1.82, 2.24) is 0 Å². The fraction of sp³-hybridized carbons (Fsp3) is 1.00. The van der Waals surface area contributed by atoms with Crippen LogP contribution in [-0.2, 0) is 53.5 Å². The quantitative estimate of drug-likeness (QED) is 0.0765. The molecular weight excluding hydrogens is 1040 g/mol. The Morgan fingerprint density at radius 2 is 0.226 bits per heavy atom. The summed E-state index contributed by atoms with van der Waals surface area (Å²) in [7, 11) is -35.4. The van der Waals surface area contributed by atoms with Gasteiger partial charge in [0.2, 0.25) is 0 Å². The fourth-order valence-corrected chi connectivity index (χ4v) is 76.6. The van der Waals surface area contributed by atoms with Crippen LogP contribution < -0.4 is 0 Å². The SMILES string of the molecule is C[Si](C)(C)O[Si](C)(C)O[Si](C)(C)O[Si](C)(C)C.C[Si](C)(C)O[Si](C)(C)O[Si](C)(O[Si](C)(C)O[Si](C)(C)C)O[Si](C)(C)O[Si](C)(O[Si](C)(C)O[Si](C)(C)C)O[Si](C)(C)O[Si](C)(C)C. The molecule has 28 heteroatoms. The molecule has 0 aliphatic heterocycles. The third-order valence-electron chi connectivity index (χ3n) is 6.39. The summed E-state index contributed by atoms with van der Waals surface area (Å²) in [4.78, 5) is 0. The molecule has 376 valence electrons. The monoisotopic (exact) mass is 1140 g/mol. The van der Waals surface area contributed by atoms with E-state index in [9.17, 15) is 0 Å². The van der Waals surface area contributed by atoms with Gasteiger partial charge in [0, 0.05) is 13.1 Å². The first kappa shape index (κ1) is 66.8. The molecule has 0 aliphatic carbocycles. The highest BCUT2D eigenvalue weighted by Gasteiger charge is 2.57. The Balaban J connectivity index is 0. The Morgan fingerprint density at radius 3 is 0.339 bits per heavy atom. The topological polar surface area (TPSA) is 120 Å². The van der Waals surface area contributed by atoms with E-state index in [0.29, 0.717) is 0 Å². The molecule has 0 N–H and O–H groups in total. The van der Waals surface area contributed by atoms with Crippen LogP contribution in [-0.4, -0.2) is 127 Å². The van der Waals surface area contributed by atoms with Gasteiger partial charge in [-0.2, -0.15) is 0 Å². The molecular formula is C34H102O13Si15. The third-order valence-corrected chi connectivity index (χ3v) is 57.5. The molecule has 0 saturated carbocycles. The van der Waals surface area contributed by atoms with E-state index in [1.165, 1.54) is 0 Å². The second kappa shape index (κ2) is 22.4. The Kier molecular flexibility index (Phi) is 24.2. The minimum Gasteiger partial charge on any atom is -0.437 e. The smallest absolute Gasteiger partial charge is 0.437 e. The van der Waals surface area contributed by atoms with Gasteiger partial charge >= 0.3 is 77.5 Å². The summed E-state index contributed by atoms with van der Waals surface area (Å²) in [5.74, 6) is 0. The van der Waals surface area contributed by atoms with Crippen LogP contribution >= 0.6 is 0 Å². The molecule has 0 unspecified atom stereocenters. The van der Waals surface area contributed by atoms with E-state index in [4.69, 9.17) is 53.5 Å². The van der Waals surface area contributed by atoms with Gasteiger partial charge in [-0.25, -0.2) is 0 Å². The minimum absolute atomic E-state index is 1.54. The molecule has 0 saturated heterocycles. The van der Waals surface area contributed by atoms with Crippen LogP contribution in [0, 0.1) is 0 Å². The second-order valence-corrected chi connectivity index (χ2v) is 84.5. The van der Waals surface area contributed by atoms with E-state index in [0.717, 1.165) is 0 Å².